The fourth-order valence-electron chi connectivity index (χ4n) is 3.60. The number of imidazole rings is 1. The normalized spacial score (nSPS) is 12.4. The van der Waals surface area contributed by atoms with E-state index >= 15 is 0 Å². The third-order valence-corrected chi connectivity index (χ3v) is 5.99. The summed E-state index contributed by atoms with van der Waals surface area (Å²) >= 11 is 12.1. The number of rotatable bonds is 5. The molecule has 1 heterocycles. The number of aromatic nitrogens is 2. The van der Waals surface area contributed by atoms with Crippen LogP contribution in [0.5, 0.6) is 0 Å². The molecule has 6 heteroatoms. The van der Waals surface area contributed by atoms with E-state index in [1.807, 2.05) is 45.5 Å². The van der Waals surface area contributed by atoms with Gasteiger partial charge in [-0.05, 0) is 47.9 Å². The molecule has 4 rings (SSSR count). The van der Waals surface area contributed by atoms with E-state index in [1.54, 1.807) is 18.2 Å². The minimum absolute atomic E-state index is 0.248. The van der Waals surface area contributed by atoms with Crippen LogP contribution in [-0.2, 0) is 13.1 Å². The second kappa shape index (κ2) is 8.07. The van der Waals surface area contributed by atoms with Crippen LogP contribution >= 0.6 is 23.2 Å². The SMILES string of the molecule is Cc1ccccc1Cn1c(=N)n(CC(O)c2ccc(Cl)c(Cl)c2)c2ccccc21. The first-order valence-corrected chi connectivity index (χ1v) is 10.1. The molecule has 1 aromatic heterocycles. The number of para-hydroxylation sites is 2. The van der Waals surface area contributed by atoms with Gasteiger partial charge < -0.3 is 14.2 Å². The zero-order valence-corrected chi connectivity index (χ0v) is 17.5. The topological polar surface area (TPSA) is 53.9 Å². The van der Waals surface area contributed by atoms with Crippen LogP contribution in [0.2, 0.25) is 10.0 Å². The van der Waals surface area contributed by atoms with Crippen LogP contribution in [0.4, 0.5) is 0 Å². The molecule has 0 aliphatic heterocycles. The molecule has 0 saturated heterocycles. The molecule has 0 amide bonds. The lowest BCUT2D eigenvalue weighted by atomic mass is 10.1. The van der Waals surface area contributed by atoms with Gasteiger partial charge in [0.05, 0.1) is 40.3 Å². The highest BCUT2D eigenvalue weighted by molar-refractivity contribution is 6.42. The second-order valence-electron chi connectivity index (χ2n) is 7.12. The first-order chi connectivity index (χ1) is 14.0. The predicted molar refractivity (Wildman–Crippen MR) is 117 cm³/mol. The third-order valence-electron chi connectivity index (χ3n) is 5.25. The number of aliphatic hydroxyl groups excluding tert-OH is 1. The van der Waals surface area contributed by atoms with Crippen LogP contribution < -0.4 is 5.62 Å². The van der Waals surface area contributed by atoms with Crippen molar-refractivity contribution in [3.05, 3.63) is 99.1 Å². The molecular weight excluding hydrogens is 405 g/mol. The molecule has 0 spiro atoms. The van der Waals surface area contributed by atoms with Gasteiger partial charge >= 0.3 is 0 Å². The van der Waals surface area contributed by atoms with Crippen LogP contribution in [-0.4, -0.2) is 14.2 Å². The van der Waals surface area contributed by atoms with Gasteiger partial charge in [0.25, 0.3) is 0 Å². The van der Waals surface area contributed by atoms with Crippen molar-refractivity contribution < 1.29 is 5.11 Å². The van der Waals surface area contributed by atoms with Crippen molar-refractivity contribution in [2.24, 2.45) is 0 Å². The van der Waals surface area contributed by atoms with Crippen LogP contribution in [0.1, 0.15) is 22.8 Å². The van der Waals surface area contributed by atoms with Gasteiger partial charge in [-0.15, -0.1) is 0 Å². The van der Waals surface area contributed by atoms with Crippen molar-refractivity contribution in [3.8, 4) is 0 Å². The lowest BCUT2D eigenvalue weighted by Gasteiger charge is -2.13. The maximum Gasteiger partial charge on any atom is 0.203 e. The number of halogens is 2. The van der Waals surface area contributed by atoms with E-state index in [9.17, 15) is 5.11 Å². The maximum atomic E-state index is 10.8. The zero-order chi connectivity index (χ0) is 20.5. The molecule has 0 bridgehead atoms. The second-order valence-corrected chi connectivity index (χ2v) is 7.94. The van der Waals surface area contributed by atoms with Gasteiger partial charge in [-0.2, -0.15) is 0 Å². The maximum absolute atomic E-state index is 10.8. The minimum Gasteiger partial charge on any atom is -0.387 e. The molecule has 0 aliphatic rings. The minimum atomic E-state index is -0.809. The van der Waals surface area contributed by atoms with Crippen molar-refractivity contribution in [1.29, 1.82) is 5.41 Å². The van der Waals surface area contributed by atoms with Gasteiger partial charge in [-0.3, -0.25) is 5.41 Å². The molecule has 0 saturated carbocycles. The van der Waals surface area contributed by atoms with Gasteiger partial charge in [-0.25, -0.2) is 0 Å². The Balaban J connectivity index is 1.75. The van der Waals surface area contributed by atoms with Crippen molar-refractivity contribution in [2.75, 3.05) is 0 Å². The first-order valence-electron chi connectivity index (χ1n) is 9.36. The largest absolute Gasteiger partial charge is 0.387 e. The fourth-order valence-corrected chi connectivity index (χ4v) is 3.90. The fraction of sp³-hybridized carbons (Fsp3) is 0.174. The van der Waals surface area contributed by atoms with Crippen LogP contribution in [0.25, 0.3) is 11.0 Å². The molecule has 4 nitrogen and oxygen atoms in total. The first kappa shape index (κ1) is 19.8. The van der Waals surface area contributed by atoms with Gasteiger partial charge in [0.15, 0.2) is 0 Å². The Morgan fingerprint density at radius 2 is 1.55 bits per heavy atom. The highest BCUT2D eigenvalue weighted by Crippen LogP contribution is 2.27. The number of nitrogens with one attached hydrogen (secondary N) is 1. The highest BCUT2D eigenvalue weighted by atomic mass is 35.5. The van der Waals surface area contributed by atoms with Crippen molar-refractivity contribution >= 4 is 34.2 Å². The van der Waals surface area contributed by atoms with Crippen molar-refractivity contribution in [3.63, 3.8) is 0 Å². The number of aliphatic hydroxyl groups is 1. The van der Waals surface area contributed by atoms with Gasteiger partial charge in [0, 0.05) is 0 Å². The summed E-state index contributed by atoms with van der Waals surface area (Å²) in [5, 5.41) is 20.4. The van der Waals surface area contributed by atoms with Crippen LogP contribution in [0.3, 0.4) is 0 Å². The van der Waals surface area contributed by atoms with Crippen LogP contribution in [0.15, 0.2) is 66.7 Å². The van der Waals surface area contributed by atoms with E-state index in [1.165, 1.54) is 11.1 Å². The molecule has 0 fully saturated rings. The summed E-state index contributed by atoms with van der Waals surface area (Å²) < 4.78 is 3.81. The quantitative estimate of drug-likeness (QED) is 0.446. The Labute approximate surface area is 179 Å². The van der Waals surface area contributed by atoms with Gasteiger partial charge in [0.2, 0.25) is 5.62 Å². The van der Waals surface area contributed by atoms with E-state index in [0.717, 1.165) is 11.0 Å². The van der Waals surface area contributed by atoms with Crippen molar-refractivity contribution in [1.82, 2.24) is 9.13 Å². The molecular formula is C23H21Cl2N3O. The van der Waals surface area contributed by atoms with Gasteiger partial charge in [0.1, 0.15) is 0 Å². The van der Waals surface area contributed by atoms with E-state index in [2.05, 4.69) is 19.1 Å². The summed E-state index contributed by atoms with van der Waals surface area (Å²) in [5.74, 6) is 0. The molecule has 1 atom stereocenters. The summed E-state index contributed by atoms with van der Waals surface area (Å²) in [7, 11) is 0. The molecule has 2 N–H and O–H groups in total. The third kappa shape index (κ3) is 3.84. The average Bonchev–Trinajstić information content (AvgIpc) is 2.97. The molecule has 1 unspecified atom stereocenters. The van der Waals surface area contributed by atoms with Crippen LogP contribution in [0, 0.1) is 12.3 Å². The summed E-state index contributed by atoms with van der Waals surface area (Å²) in [6.07, 6.45) is -0.809. The number of hydrogen-bond donors (Lipinski definition) is 2. The summed E-state index contributed by atoms with van der Waals surface area (Å²) in [4.78, 5) is 0. The predicted octanol–water partition coefficient (Wildman–Crippen LogP) is 5.32. The Morgan fingerprint density at radius 1 is 0.897 bits per heavy atom. The van der Waals surface area contributed by atoms with E-state index < -0.39 is 6.10 Å². The summed E-state index contributed by atoms with van der Waals surface area (Å²) in [5.41, 5.74) is 5.23. The lowest BCUT2D eigenvalue weighted by molar-refractivity contribution is 0.156. The molecule has 4 aromatic rings. The zero-order valence-electron chi connectivity index (χ0n) is 15.9. The number of aryl methyl sites for hydroxylation is 1. The number of benzene rings is 3. The Hall–Kier alpha value is -2.53. The molecule has 0 aliphatic carbocycles. The molecule has 148 valence electrons. The van der Waals surface area contributed by atoms with E-state index in [0.29, 0.717) is 27.8 Å². The summed E-state index contributed by atoms with van der Waals surface area (Å²) in [6, 6.07) is 21.2. The standard InChI is InChI=1S/C23H21Cl2N3O/c1-15-6-2-3-7-17(15)13-27-20-8-4-5-9-21(20)28(23(27)26)14-22(29)16-10-11-18(24)19(25)12-16/h2-12,22,26,29H,13-14H2,1H3. The average molecular weight is 426 g/mol. The Kier molecular flexibility index (Phi) is 5.50. The number of hydrogen-bond acceptors (Lipinski definition) is 2. The number of nitrogens with zero attached hydrogens (tertiary/aromatic N) is 2. The Bertz CT molecular complexity index is 1240. The lowest BCUT2D eigenvalue weighted by Crippen LogP contribution is -2.27. The van der Waals surface area contributed by atoms with Gasteiger partial charge in [-0.1, -0.05) is 65.7 Å². The smallest absolute Gasteiger partial charge is 0.203 e. The van der Waals surface area contributed by atoms with Crippen molar-refractivity contribution in [2.45, 2.75) is 26.1 Å². The highest BCUT2D eigenvalue weighted by Gasteiger charge is 2.16. The summed E-state index contributed by atoms with van der Waals surface area (Å²) in [6.45, 7) is 2.92. The molecule has 29 heavy (non-hydrogen) atoms. The van der Waals surface area contributed by atoms with E-state index in [4.69, 9.17) is 28.6 Å². The Morgan fingerprint density at radius 3 is 2.24 bits per heavy atom. The van der Waals surface area contributed by atoms with E-state index in [-0.39, 0.29) is 6.54 Å². The molecule has 3 aromatic carbocycles. The monoisotopic (exact) mass is 425 g/mol. The molecule has 0 radical (unpaired) electrons. The number of fused-ring (bicyclic) bond motifs is 1.